The molecule has 0 radical (unpaired) electrons. The van der Waals surface area contributed by atoms with Crippen molar-refractivity contribution in [3.8, 4) is 0 Å². The van der Waals surface area contributed by atoms with E-state index in [1.165, 1.54) is 0 Å². The SMILES string of the molecule is Cc1cc(CNC(=O)c2cc3ccccc3oc2=O)nn1C. The lowest BCUT2D eigenvalue weighted by atomic mass is 10.2. The third-order valence-corrected chi connectivity index (χ3v) is 3.48. The number of hydrogen-bond acceptors (Lipinski definition) is 4. The number of rotatable bonds is 3. The predicted molar refractivity (Wildman–Crippen MR) is 81.6 cm³/mol. The lowest BCUT2D eigenvalue weighted by molar-refractivity contribution is 0.0947. The van der Waals surface area contributed by atoms with Crippen molar-refractivity contribution in [2.24, 2.45) is 7.05 Å². The maximum atomic E-state index is 12.2. The molecule has 0 spiro atoms. The molecule has 0 aliphatic heterocycles. The molecular formula is C16H15N3O3. The van der Waals surface area contributed by atoms with Gasteiger partial charge in [0.1, 0.15) is 11.1 Å². The van der Waals surface area contributed by atoms with E-state index in [2.05, 4.69) is 10.4 Å². The minimum absolute atomic E-state index is 0.00801. The summed E-state index contributed by atoms with van der Waals surface area (Å²) in [4.78, 5) is 24.1. The maximum Gasteiger partial charge on any atom is 0.349 e. The highest BCUT2D eigenvalue weighted by molar-refractivity contribution is 5.96. The van der Waals surface area contributed by atoms with Crippen LogP contribution in [0.25, 0.3) is 11.0 Å². The van der Waals surface area contributed by atoms with Gasteiger partial charge in [-0.25, -0.2) is 4.79 Å². The van der Waals surface area contributed by atoms with E-state index < -0.39 is 11.5 Å². The van der Waals surface area contributed by atoms with Crippen LogP contribution in [0.4, 0.5) is 0 Å². The van der Waals surface area contributed by atoms with Crippen LogP contribution in [0.2, 0.25) is 0 Å². The Morgan fingerprint density at radius 1 is 1.32 bits per heavy atom. The van der Waals surface area contributed by atoms with Crippen molar-refractivity contribution in [1.82, 2.24) is 15.1 Å². The molecule has 6 nitrogen and oxygen atoms in total. The first-order chi connectivity index (χ1) is 10.5. The standard InChI is InChI=1S/C16H15N3O3/c1-10-7-12(18-19(10)2)9-17-15(20)13-8-11-5-3-4-6-14(11)22-16(13)21/h3-8H,9H2,1-2H3,(H,17,20). The van der Waals surface area contributed by atoms with Crippen LogP contribution in [0, 0.1) is 6.92 Å². The summed E-state index contributed by atoms with van der Waals surface area (Å²) in [6, 6.07) is 10.5. The summed E-state index contributed by atoms with van der Waals surface area (Å²) in [5.74, 6) is -0.470. The van der Waals surface area contributed by atoms with Crippen LogP contribution >= 0.6 is 0 Å². The van der Waals surface area contributed by atoms with Crippen LogP contribution in [0.5, 0.6) is 0 Å². The lowest BCUT2D eigenvalue weighted by Crippen LogP contribution is -2.28. The first kappa shape index (κ1) is 14.1. The van der Waals surface area contributed by atoms with E-state index in [1.807, 2.05) is 26.1 Å². The van der Waals surface area contributed by atoms with Crippen molar-refractivity contribution in [3.63, 3.8) is 0 Å². The van der Waals surface area contributed by atoms with Crippen molar-refractivity contribution in [3.05, 3.63) is 63.8 Å². The average molecular weight is 297 g/mol. The molecule has 0 unspecified atom stereocenters. The van der Waals surface area contributed by atoms with Crippen molar-refractivity contribution in [2.45, 2.75) is 13.5 Å². The van der Waals surface area contributed by atoms with Crippen LogP contribution < -0.4 is 10.9 Å². The van der Waals surface area contributed by atoms with Gasteiger partial charge < -0.3 is 9.73 Å². The molecule has 3 rings (SSSR count). The van der Waals surface area contributed by atoms with Crippen molar-refractivity contribution < 1.29 is 9.21 Å². The van der Waals surface area contributed by atoms with Gasteiger partial charge in [0.2, 0.25) is 0 Å². The fourth-order valence-electron chi connectivity index (χ4n) is 2.21. The largest absolute Gasteiger partial charge is 0.422 e. The summed E-state index contributed by atoms with van der Waals surface area (Å²) >= 11 is 0. The highest BCUT2D eigenvalue weighted by Gasteiger charge is 2.14. The van der Waals surface area contributed by atoms with E-state index in [-0.39, 0.29) is 12.1 Å². The summed E-state index contributed by atoms with van der Waals surface area (Å²) in [5.41, 5.74) is 1.54. The number of fused-ring (bicyclic) bond motifs is 1. The molecule has 0 atom stereocenters. The van der Waals surface area contributed by atoms with Crippen LogP contribution in [-0.2, 0) is 13.6 Å². The molecule has 1 aromatic carbocycles. The first-order valence-corrected chi connectivity index (χ1v) is 6.85. The van der Waals surface area contributed by atoms with Crippen LogP contribution in [0.3, 0.4) is 0 Å². The van der Waals surface area contributed by atoms with Gasteiger partial charge >= 0.3 is 5.63 Å². The monoisotopic (exact) mass is 297 g/mol. The molecule has 6 heteroatoms. The Morgan fingerprint density at radius 2 is 2.09 bits per heavy atom. The average Bonchev–Trinajstić information content (AvgIpc) is 2.82. The van der Waals surface area contributed by atoms with Crippen LogP contribution in [-0.4, -0.2) is 15.7 Å². The lowest BCUT2D eigenvalue weighted by Gasteiger charge is -2.03. The molecular weight excluding hydrogens is 282 g/mol. The molecule has 1 N–H and O–H groups in total. The molecule has 112 valence electrons. The van der Waals surface area contributed by atoms with Crippen LogP contribution in [0.15, 0.2) is 45.6 Å². The Hall–Kier alpha value is -2.89. The zero-order chi connectivity index (χ0) is 15.7. The number of para-hydroxylation sites is 1. The van der Waals surface area contributed by atoms with Gasteiger partial charge in [-0.05, 0) is 25.1 Å². The Labute approximate surface area is 126 Å². The minimum Gasteiger partial charge on any atom is -0.422 e. The topological polar surface area (TPSA) is 77.1 Å². The van der Waals surface area contributed by atoms with Gasteiger partial charge in [-0.2, -0.15) is 5.10 Å². The molecule has 0 aliphatic rings. The van der Waals surface area contributed by atoms with Crippen molar-refractivity contribution >= 4 is 16.9 Å². The molecule has 0 aliphatic carbocycles. The van der Waals surface area contributed by atoms with Crippen molar-refractivity contribution in [1.29, 1.82) is 0 Å². The number of carbonyl (C=O) groups excluding carboxylic acids is 1. The Bertz CT molecular complexity index is 889. The zero-order valence-electron chi connectivity index (χ0n) is 12.3. The number of aryl methyl sites for hydroxylation is 2. The van der Waals surface area contributed by atoms with Gasteiger partial charge in [-0.1, -0.05) is 18.2 Å². The highest BCUT2D eigenvalue weighted by Crippen LogP contribution is 2.12. The maximum absolute atomic E-state index is 12.2. The molecule has 2 heterocycles. The van der Waals surface area contributed by atoms with Gasteiger partial charge in [0, 0.05) is 18.1 Å². The zero-order valence-corrected chi connectivity index (χ0v) is 12.3. The Kier molecular flexibility index (Phi) is 3.50. The number of benzene rings is 1. The van der Waals surface area contributed by atoms with Crippen LogP contribution in [0.1, 0.15) is 21.7 Å². The van der Waals surface area contributed by atoms with Gasteiger partial charge in [0.15, 0.2) is 0 Å². The number of nitrogens with one attached hydrogen (secondary N) is 1. The van der Waals surface area contributed by atoms with Gasteiger partial charge in [-0.3, -0.25) is 9.48 Å². The molecule has 22 heavy (non-hydrogen) atoms. The molecule has 0 fully saturated rings. The molecule has 0 bridgehead atoms. The number of nitrogens with zero attached hydrogens (tertiary/aromatic N) is 2. The number of hydrogen-bond donors (Lipinski definition) is 1. The van der Waals surface area contributed by atoms with Gasteiger partial charge in [0.05, 0.1) is 12.2 Å². The summed E-state index contributed by atoms with van der Waals surface area (Å²) in [6.07, 6.45) is 0. The van der Waals surface area contributed by atoms with Gasteiger partial charge in [0.25, 0.3) is 5.91 Å². The summed E-state index contributed by atoms with van der Waals surface area (Å²) in [7, 11) is 1.83. The van der Waals surface area contributed by atoms with E-state index in [0.717, 1.165) is 11.4 Å². The summed E-state index contributed by atoms with van der Waals surface area (Å²) in [6.45, 7) is 2.18. The van der Waals surface area contributed by atoms with Gasteiger partial charge in [-0.15, -0.1) is 0 Å². The number of aromatic nitrogens is 2. The summed E-state index contributed by atoms with van der Waals surface area (Å²) < 4.78 is 6.88. The molecule has 0 saturated heterocycles. The van der Waals surface area contributed by atoms with Crippen molar-refractivity contribution in [2.75, 3.05) is 0 Å². The second kappa shape index (κ2) is 5.48. The summed E-state index contributed by atoms with van der Waals surface area (Å²) in [5, 5.41) is 7.64. The number of amides is 1. The van der Waals surface area contributed by atoms with E-state index in [9.17, 15) is 9.59 Å². The minimum atomic E-state index is -0.645. The molecule has 2 aromatic heterocycles. The molecule has 0 saturated carbocycles. The molecule has 1 amide bonds. The third kappa shape index (κ3) is 2.63. The molecule has 3 aromatic rings. The predicted octanol–water partition coefficient (Wildman–Crippen LogP) is 1.76. The Morgan fingerprint density at radius 3 is 2.82 bits per heavy atom. The quantitative estimate of drug-likeness (QED) is 0.747. The van der Waals surface area contributed by atoms with E-state index in [1.54, 1.807) is 28.9 Å². The Balaban J connectivity index is 1.82. The van der Waals surface area contributed by atoms with E-state index >= 15 is 0 Å². The highest BCUT2D eigenvalue weighted by atomic mass is 16.4. The first-order valence-electron chi connectivity index (χ1n) is 6.85. The number of carbonyl (C=O) groups is 1. The van der Waals surface area contributed by atoms with E-state index in [0.29, 0.717) is 11.0 Å². The smallest absolute Gasteiger partial charge is 0.349 e. The second-order valence-corrected chi connectivity index (χ2v) is 5.07. The second-order valence-electron chi connectivity index (χ2n) is 5.07. The van der Waals surface area contributed by atoms with E-state index in [4.69, 9.17) is 4.42 Å². The fraction of sp³-hybridized carbons (Fsp3) is 0.188. The third-order valence-electron chi connectivity index (χ3n) is 3.48. The normalized spacial score (nSPS) is 10.8. The fourth-order valence-corrected chi connectivity index (χ4v) is 2.21.